The van der Waals surface area contributed by atoms with E-state index in [0.29, 0.717) is 24.2 Å². The van der Waals surface area contributed by atoms with Crippen molar-refractivity contribution in [1.82, 2.24) is 20.4 Å². The maximum atomic E-state index is 12.9. The van der Waals surface area contributed by atoms with Crippen LogP contribution in [0.1, 0.15) is 39.9 Å². The van der Waals surface area contributed by atoms with Crippen LogP contribution >= 0.6 is 0 Å². The van der Waals surface area contributed by atoms with Gasteiger partial charge in [0.05, 0.1) is 0 Å². The van der Waals surface area contributed by atoms with Crippen LogP contribution in [0.25, 0.3) is 0 Å². The number of urea groups is 1. The Morgan fingerprint density at radius 2 is 1.94 bits per heavy atom. The molecule has 0 bridgehead atoms. The number of piperidine rings is 1. The number of amides is 5. The predicted octanol–water partition coefficient (Wildman–Crippen LogP) is 1.83. The molecule has 0 spiro atoms. The molecule has 1 atom stereocenters. The first-order valence-corrected chi connectivity index (χ1v) is 10.8. The highest BCUT2D eigenvalue weighted by molar-refractivity contribution is 6.05. The van der Waals surface area contributed by atoms with Gasteiger partial charge in [0, 0.05) is 37.3 Å². The number of imide groups is 1. The Kier molecular flexibility index (Phi) is 6.41. The zero-order valence-electron chi connectivity index (χ0n) is 18.7. The molecule has 1 saturated heterocycles. The van der Waals surface area contributed by atoms with Crippen molar-refractivity contribution in [2.75, 3.05) is 19.4 Å². The van der Waals surface area contributed by atoms with E-state index in [1.807, 2.05) is 50.5 Å². The molecule has 1 unspecified atom stereocenters. The number of carbonyl (C=O) groups excluding carboxylic acids is 4. The SMILES string of the molecule is CN(C)Cc1cccc(NC(=O)NCc2ccc3c(c2)C(=O)N(C2CCC(=O)NC2=O)C3)c1. The number of fused-ring (bicyclic) bond motifs is 1. The van der Waals surface area contributed by atoms with Crippen LogP contribution in [0.4, 0.5) is 10.5 Å². The molecular formula is C24H27N5O4. The van der Waals surface area contributed by atoms with Crippen LogP contribution in [0.5, 0.6) is 0 Å². The topological polar surface area (TPSA) is 111 Å². The zero-order valence-corrected chi connectivity index (χ0v) is 18.7. The number of carbonyl (C=O) groups is 4. The van der Waals surface area contributed by atoms with Crippen molar-refractivity contribution in [3.63, 3.8) is 0 Å². The van der Waals surface area contributed by atoms with Crippen LogP contribution in [-0.4, -0.2) is 53.7 Å². The molecule has 0 aromatic heterocycles. The van der Waals surface area contributed by atoms with Gasteiger partial charge in [0.25, 0.3) is 5.91 Å². The average molecular weight is 450 g/mol. The Bertz CT molecular complexity index is 1110. The molecule has 2 aliphatic rings. The second-order valence-electron chi connectivity index (χ2n) is 8.64. The third-order valence-corrected chi connectivity index (χ3v) is 5.73. The first-order chi connectivity index (χ1) is 15.8. The number of nitrogens with one attached hydrogen (secondary N) is 3. The molecule has 9 nitrogen and oxygen atoms in total. The van der Waals surface area contributed by atoms with Crippen LogP contribution < -0.4 is 16.0 Å². The molecular weight excluding hydrogens is 422 g/mol. The van der Waals surface area contributed by atoms with Crippen molar-refractivity contribution >= 4 is 29.4 Å². The van der Waals surface area contributed by atoms with Crippen LogP contribution in [0, 0.1) is 0 Å². The Morgan fingerprint density at radius 3 is 2.70 bits per heavy atom. The summed E-state index contributed by atoms with van der Waals surface area (Å²) < 4.78 is 0. The smallest absolute Gasteiger partial charge is 0.319 e. The molecule has 2 aromatic rings. The van der Waals surface area contributed by atoms with Gasteiger partial charge in [-0.05, 0) is 55.4 Å². The van der Waals surface area contributed by atoms with Gasteiger partial charge in [0.1, 0.15) is 6.04 Å². The van der Waals surface area contributed by atoms with E-state index in [1.54, 1.807) is 6.07 Å². The van der Waals surface area contributed by atoms with Crippen LogP contribution in [0.3, 0.4) is 0 Å². The van der Waals surface area contributed by atoms with Crippen LogP contribution in [-0.2, 0) is 29.2 Å². The second kappa shape index (κ2) is 9.41. The summed E-state index contributed by atoms with van der Waals surface area (Å²) in [6.07, 6.45) is 0.549. The molecule has 3 N–H and O–H groups in total. The largest absolute Gasteiger partial charge is 0.334 e. The van der Waals surface area contributed by atoms with E-state index in [4.69, 9.17) is 0 Å². The minimum absolute atomic E-state index is 0.221. The van der Waals surface area contributed by atoms with Crippen LogP contribution in [0.2, 0.25) is 0 Å². The van der Waals surface area contributed by atoms with Crippen molar-refractivity contribution in [1.29, 1.82) is 0 Å². The summed E-state index contributed by atoms with van der Waals surface area (Å²) in [6, 6.07) is 12.1. The summed E-state index contributed by atoms with van der Waals surface area (Å²) in [5.41, 5.74) is 3.93. The van der Waals surface area contributed by atoms with Gasteiger partial charge in [-0.2, -0.15) is 0 Å². The lowest BCUT2D eigenvalue weighted by Gasteiger charge is -2.29. The first kappa shape index (κ1) is 22.5. The zero-order chi connectivity index (χ0) is 23.5. The van der Waals surface area contributed by atoms with Gasteiger partial charge >= 0.3 is 6.03 Å². The van der Waals surface area contributed by atoms with Crippen LogP contribution in [0.15, 0.2) is 42.5 Å². The fourth-order valence-electron chi connectivity index (χ4n) is 4.18. The van der Waals surface area contributed by atoms with Crippen molar-refractivity contribution in [3.8, 4) is 0 Å². The Morgan fingerprint density at radius 1 is 1.12 bits per heavy atom. The lowest BCUT2D eigenvalue weighted by molar-refractivity contribution is -0.136. The van der Waals surface area contributed by atoms with Crippen molar-refractivity contribution in [2.24, 2.45) is 0 Å². The molecule has 172 valence electrons. The van der Waals surface area contributed by atoms with Crippen molar-refractivity contribution in [2.45, 2.75) is 38.5 Å². The lowest BCUT2D eigenvalue weighted by atomic mass is 10.0. The minimum Gasteiger partial charge on any atom is -0.334 e. The molecule has 0 saturated carbocycles. The van der Waals surface area contributed by atoms with E-state index < -0.39 is 11.9 Å². The quantitative estimate of drug-likeness (QED) is 0.583. The summed E-state index contributed by atoms with van der Waals surface area (Å²) >= 11 is 0. The molecule has 0 radical (unpaired) electrons. The van der Waals surface area contributed by atoms with E-state index in [0.717, 1.165) is 23.2 Å². The maximum Gasteiger partial charge on any atom is 0.319 e. The van der Waals surface area contributed by atoms with E-state index in [2.05, 4.69) is 20.9 Å². The number of nitrogens with zero attached hydrogens (tertiary/aromatic N) is 2. The number of rotatable bonds is 6. The standard InChI is InChI=1S/C24H27N5O4/c1-28(2)13-16-4-3-5-18(10-16)26-24(33)25-12-15-6-7-17-14-29(23(32)19(17)11-15)20-8-9-21(30)27-22(20)31/h3-7,10-11,20H,8-9,12-14H2,1-2H3,(H2,25,26,33)(H,27,30,31). The van der Waals surface area contributed by atoms with Gasteiger partial charge in [-0.15, -0.1) is 0 Å². The molecule has 4 rings (SSSR count). The lowest BCUT2D eigenvalue weighted by Crippen LogP contribution is -2.52. The molecule has 9 heteroatoms. The Balaban J connectivity index is 1.36. The third-order valence-electron chi connectivity index (χ3n) is 5.73. The molecule has 2 aliphatic heterocycles. The fourth-order valence-corrected chi connectivity index (χ4v) is 4.18. The summed E-state index contributed by atoms with van der Waals surface area (Å²) in [5, 5.41) is 7.94. The summed E-state index contributed by atoms with van der Waals surface area (Å²) in [6.45, 7) is 1.36. The molecule has 2 heterocycles. The van der Waals surface area contributed by atoms with Gasteiger partial charge < -0.3 is 20.4 Å². The summed E-state index contributed by atoms with van der Waals surface area (Å²) in [5.74, 6) is -0.972. The molecule has 33 heavy (non-hydrogen) atoms. The molecule has 5 amide bonds. The number of hydrogen-bond acceptors (Lipinski definition) is 5. The van der Waals surface area contributed by atoms with E-state index in [9.17, 15) is 19.2 Å². The van der Waals surface area contributed by atoms with E-state index in [-0.39, 0.29) is 30.8 Å². The van der Waals surface area contributed by atoms with E-state index >= 15 is 0 Å². The van der Waals surface area contributed by atoms with Gasteiger partial charge in [-0.25, -0.2) is 4.79 Å². The first-order valence-electron chi connectivity index (χ1n) is 10.8. The highest BCUT2D eigenvalue weighted by Crippen LogP contribution is 2.28. The van der Waals surface area contributed by atoms with Gasteiger partial charge in [0.15, 0.2) is 0 Å². The Hall–Kier alpha value is -3.72. The van der Waals surface area contributed by atoms with Gasteiger partial charge in [-0.1, -0.05) is 24.3 Å². The molecule has 2 aromatic carbocycles. The Labute approximate surface area is 192 Å². The second-order valence-corrected chi connectivity index (χ2v) is 8.64. The minimum atomic E-state index is -0.641. The number of hydrogen-bond donors (Lipinski definition) is 3. The van der Waals surface area contributed by atoms with Gasteiger partial charge in [-0.3, -0.25) is 19.7 Å². The van der Waals surface area contributed by atoms with E-state index in [1.165, 1.54) is 4.90 Å². The van der Waals surface area contributed by atoms with Crippen molar-refractivity contribution < 1.29 is 19.2 Å². The number of anilines is 1. The highest BCUT2D eigenvalue weighted by atomic mass is 16.2. The average Bonchev–Trinajstić information content (AvgIpc) is 3.08. The fraction of sp³-hybridized carbons (Fsp3) is 0.333. The predicted molar refractivity (Wildman–Crippen MR) is 122 cm³/mol. The number of benzene rings is 2. The summed E-state index contributed by atoms with van der Waals surface area (Å²) in [7, 11) is 3.97. The normalized spacial score (nSPS) is 17.7. The molecule has 0 aliphatic carbocycles. The summed E-state index contributed by atoms with van der Waals surface area (Å²) in [4.78, 5) is 52.4. The molecule has 1 fully saturated rings. The van der Waals surface area contributed by atoms with Crippen molar-refractivity contribution in [3.05, 3.63) is 64.7 Å². The maximum absolute atomic E-state index is 12.9. The van der Waals surface area contributed by atoms with Gasteiger partial charge in [0.2, 0.25) is 11.8 Å². The highest BCUT2D eigenvalue weighted by Gasteiger charge is 2.39. The third kappa shape index (κ3) is 5.20. The monoisotopic (exact) mass is 449 g/mol.